The van der Waals surface area contributed by atoms with Crippen molar-refractivity contribution in [3.8, 4) is 0 Å². The standard InChI is InChI=1S/C16H21N5/c1-10-17-13-7-6-12(8-14(13)18-10)9-15-19-11(2)20-21(15)16(3,4)5/h6-8H,9H2,1-5H3,(H,17,18). The summed E-state index contributed by atoms with van der Waals surface area (Å²) in [7, 11) is 0. The Morgan fingerprint density at radius 2 is 1.90 bits per heavy atom. The Hall–Kier alpha value is -2.17. The minimum atomic E-state index is -0.0642. The number of imidazole rings is 1. The van der Waals surface area contributed by atoms with Gasteiger partial charge in [-0.1, -0.05) is 6.07 Å². The maximum Gasteiger partial charge on any atom is 0.147 e. The van der Waals surface area contributed by atoms with E-state index >= 15 is 0 Å². The average Bonchev–Trinajstić information content (AvgIpc) is 2.90. The Bertz CT molecular complexity index is 789. The molecule has 110 valence electrons. The van der Waals surface area contributed by atoms with Gasteiger partial charge in [0, 0.05) is 6.42 Å². The summed E-state index contributed by atoms with van der Waals surface area (Å²) in [6.07, 6.45) is 0.770. The van der Waals surface area contributed by atoms with Gasteiger partial charge in [-0.15, -0.1) is 0 Å². The van der Waals surface area contributed by atoms with Crippen molar-refractivity contribution in [2.45, 2.75) is 46.6 Å². The van der Waals surface area contributed by atoms with Crippen molar-refractivity contribution in [3.05, 3.63) is 41.2 Å². The fourth-order valence-corrected chi connectivity index (χ4v) is 2.59. The molecule has 0 spiro atoms. The van der Waals surface area contributed by atoms with E-state index in [1.165, 1.54) is 5.56 Å². The normalized spacial score (nSPS) is 12.2. The number of aromatic nitrogens is 5. The molecule has 0 aliphatic heterocycles. The van der Waals surface area contributed by atoms with Gasteiger partial charge in [-0.3, -0.25) is 0 Å². The van der Waals surface area contributed by atoms with Crippen LogP contribution in [0.5, 0.6) is 0 Å². The van der Waals surface area contributed by atoms with Crippen molar-refractivity contribution in [2.24, 2.45) is 0 Å². The van der Waals surface area contributed by atoms with Crippen molar-refractivity contribution in [1.29, 1.82) is 0 Å². The molecule has 3 rings (SSSR count). The Morgan fingerprint density at radius 3 is 2.62 bits per heavy atom. The molecule has 0 bridgehead atoms. The van der Waals surface area contributed by atoms with Crippen LogP contribution in [0.25, 0.3) is 11.0 Å². The van der Waals surface area contributed by atoms with E-state index in [1.54, 1.807) is 0 Å². The van der Waals surface area contributed by atoms with E-state index in [2.05, 4.69) is 59.0 Å². The van der Waals surface area contributed by atoms with Gasteiger partial charge in [-0.2, -0.15) is 5.10 Å². The van der Waals surface area contributed by atoms with Gasteiger partial charge >= 0.3 is 0 Å². The number of nitrogens with zero attached hydrogens (tertiary/aromatic N) is 4. The molecule has 0 radical (unpaired) electrons. The Morgan fingerprint density at radius 1 is 1.14 bits per heavy atom. The van der Waals surface area contributed by atoms with Crippen LogP contribution in [0, 0.1) is 13.8 Å². The molecule has 0 fully saturated rings. The highest BCUT2D eigenvalue weighted by atomic mass is 15.4. The van der Waals surface area contributed by atoms with Gasteiger partial charge in [-0.25, -0.2) is 14.6 Å². The zero-order chi connectivity index (χ0) is 15.2. The lowest BCUT2D eigenvalue weighted by Crippen LogP contribution is -2.25. The number of benzene rings is 1. The molecule has 0 aliphatic rings. The molecule has 1 N–H and O–H groups in total. The summed E-state index contributed by atoms with van der Waals surface area (Å²) in [4.78, 5) is 12.3. The fraction of sp³-hybridized carbons (Fsp3) is 0.438. The van der Waals surface area contributed by atoms with Crippen LogP contribution in [-0.2, 0) is 12.0 Å². The van der Waals surface area contributed by atoms with Gasteiger partial charge in [-0.05, 0) is 52.3 Å². The lowest BCUT2D eigenvalue weighted by atomic mass is 10.1. The smallest absolute Gasteiger partial charge is 0.147 e. The SMILES string of the molecule is Cc1nc(Cc2ccc3nc(C)[nH]c3c2)n(C(C)(C)C)n1. The van der Waals surface area contributed by atoms with Gasteiger partial charge in [0.05, 0.1) is 16.6 Å². The number of rotatable bonds is 2. The van der Waals surface area contributed by atoms with E-state index in [4.69, 9.17) is 0 Å². The average molecular weight is 283 g/mol. The zero-order valence-corrected chi connectivity index (χ0v) is 13.2. The van der Waals surface area contributed by atoms with Crippen LogP contribution in [0.3, 0.4) is 0 Å². The first kappa shape index (κ1) is 13.8. The molecule has 5 nitrogen and oxygen atoms in total. The van der Waals surface area contributed by atoms with Crippen LogP contribution in [0.1, 0.15) is 43.8 Å². The second-order valence-electron chi connectivity index (χ2n) is 6.51. The quantitative estimate of drug-likeness (QED) is 0.786. The highest BCUT2D eigenvalue weighted by Crippen LogP contribution is 2.20. The largest absolute Gasteiger partial charge is 0.342 e. The third-order valence-corrected chi connectivity index (χ3v) is 3.44. The van der Waals surface area contributed by atoms with Crippen LogP contribution >= 0.6 is 0 Å². The minimum absolute atomic E-state index is 0.0642. The summed E-state index contributed by atoms with van der Waals surface area (Å²) >= 11 is 0. The number of hydrogen-bond donors (Lipinski definition) is 1. The molecule has 1 aromatic carbocycles. The van der Waals surface area contributed by atoms with Crippen molar-refractivity contribution in [2.75, 3.05) is 0 Å². The fourth-order valence-electron chi connectivity index (χ4n) is 2.59. The van der Waals surface area contributed by atoms with E-state index in [1.807, 2.05) is 18.5 Å². The van der Waals surface area contributed by atoms with Gasteiger partial charge in [0.1, 0.15) is 17.5 Å². The van der Waals surface area contributed by atoms with Crippen molar-refractivity contribution < 1.29 is 0 Å². The predicted molar refractivity (Wildman–Crippen MR) is 83.4 cm³/mol. The number of nitrogens with one attached hydrogen (secondary N) is 1. The first-order valence-electron chi connectivity index (χ1n) is 7.21. The Labute approximate surface area is 124 Å². The van der Waals surface area contributed by atoms with Crippen LogP contribution in [-0.4, -0.2) is 24.7 Å². The number of hydrogen-bond acceptors (Lipinski definition) is 3. The van der Waals surface area contributed by atoms with E-state index in [-0.39, 0.29) is 5.54 Å². The highest BCUT2D eigenvalue weighted by molar-refractivity contribution is 5.75. The Kier molecular flexibility index (Phi) is 3.08. The highest BCUT2D eigenvalue weighted by Gasteiger charge is 2.20. The van der Waals surface area contributed by atoms with Crippen LogP contribution in [0.2, 0.25) is 0 Å². The maximum absolute atomic E-state index is 4.58. The summed E-state index contributed by atoms with van der Waals surface area (Å²) in [6.45, 7) is 10.3. The molecule has 0 atom stereocenters. The lowest BCUT2D eigenvalue weighted by Gasteiger charge is -2.21. The van der Waals surface area contributed by atoms with Gasteiger partial charge in [0.2, 0.25) is 0 Å². The van der Waals surface area contributed by atoms with Crippen LogP contribution in [0.15, 0.2) is 18.2 Å². The van der Waals surface area contributed by atoms with Crippen molar-refractivity contribution in [1.82, 2.24) is 24.7 Å². The molecule has 0 saturated heterocycles. The molecule has 2 aromatic heterocycles. The molecule has 3 aromatic rings. The molecule has 0 unspecified atom stereocenters. The van der Waals surface area contributed by atoms with Gasteiger partial charge < -0.3 is 4.98 Å². The monoisotopic (exact) mass is 283 g/mol. The van der Waals surface area contributed by atoms with Gasteiger partial charge in [0.15, 0.2) is 0 Å². The van der Waals surface area contributed by atoms with E-state index < -0.39 is 0 Å². The number of aromatic amines is 1. The van der Waals surface area contributed by atoms with E-state index in [0.29, 0.717) is 0 Å². The van der Waals surface area contributed by atoms with Crippen molar-refractivity contribution >= 4 is 11.0 Å². The number of aryl methyl sites for hydroxylation is 2. The van der Waals surface area contributed by atoms with Crippen LogP contribution < -0.4 is 0 Å². The zero-order valence-electron chi connectivity index (χ0n) is 13.2. The summed E-state index contributed by atoms with van der Waals surface area (Å²) in [5, 5.41) is 4.53. The van der Waals surface area contributed by atoms with E-state index in [9.17, 15) is 0 Å². The van der Waals surface area contributed by atoms with Gasteiger partial charge in [0.25, 0.3) is 0 Å². The minimum Gasteiger partial charge on any atom is -0.342 e. The number of H-pyrrole nitrogens is 1. The van der Waals surface area contributed by atoms with E-state index in [0.717, 1.165) is 34.9 Å². The summed E-state index contributed by atoms with van der Waals surface area (Å²) < 4.78 is 2.02. The summed E-state index contributed by atoms with van der Waals surface area (Å²) in [5.74, 6) is 2.75. The number of fused-ring (bicyclic) bond motifs is 1. The molecule has 2 heterocycles. The third-order valence-electron chi connectivity index (χ3n) is 3.44. The molecule has 0 saturated carbocycles. The topological polar surface area (TPSA) is 59.4 Å². The summed E-state index contributed by atoms with van der Waals surface area (Å²) in [6, 6.07) is 6.31. The molecule has 21 heavy (non-hydrogen) atoms. The summed E-state index contributed by atoms with van der Waals surface area (Å²) in [5.41, 5.74) is 3.22. The molecule has 0 aliphatic carbocycles. The predicted octanol–water partition coefficient (Wildman–Crippen LogP) is 3.12. The Balaban J connectivity index is 1.98. The molecular formula is C16H21N5. The first-order valence-corrected chi connectivity index (χ1v) is 7.21. The molecular weight excluding hydrogens is 262 g/mol. The third kappa shape index (κ3) is 2.68. The first-order chi connectivity index (χ1) is 9.83. The van der Waals surface area contributed by atoms with Crippen LogP contribution in [0.4, 0.5) is 0 Å². The molecule has 0 amide bonds. The lowest BCUT2D eigenvalue weighted by molar-refractivity contribution is 0.342. The molecule has 5 heteroatoms. The second kappa shape index (κ2) is 4.69. The second-order valence-corrected chi connectivity index (χ2v) is 6.51. The maximum atomic E-state index is 4.58. The van der Waals surface area contributed by atoms with Crippen molar-refractivity contribution in [3.63, 3.8) is 0 Å².